The maximum atomic E-state index is 13.6. The number of ether oxygens (including phenoxy) is 1. The highest BCUT2D eigenvalue weighted by Crippen LogP contribution is 2.26. The average molecular weight is 351 g/mol. The van der Waals surface area contributed by atoms with E-state index in [4.69, 9.17) is 10.00 Å². The molecule has 0 heterocycles. The van der Waals surface area contributed by atoms with Crippen LogP contribution >= 0.6 is 15.9 Å². The molecule has 2 aromatic carbocycles. The Kier molecular flexibility index (Phi) is 4.50. The molecule has 0 bridgehead atoms. The van der Waals surface area contributed by atoms with E-state index in [1.54, 1.807) is 6.07 Å². The second-order valence-electron chi connectivity index (χ2n) is 4.09. The molecule has 0 fully saturated rings. The molecule has 5 nitrogen and oxygen atoms in total. The van der Waals surface area contributed by atoms with E-state index in [1.807, 2.05) is 6.07 Å². The molecule has 2 rings (SSSR count). The quantitative estimate of drug-likeness (QED) is 0.617. The molecule has 0 aliphatic carbocycles. The number of nitriles is 1. The second-order valence-corrected chi connectivity index (χ2v) is 4.94. The third-order valence-corrected chi connectivity index (χ3v) is 3.33. The highest BCUT2D eigenvalue weighted by Gasteiger charge is 2.13. The van der Waals surface area contributed by atoms with Gasteiger partial charge in [0, 0.05) is 6.07 Å². The molecular weight excluding hydrogens is 343 g/mol. The summed E-state index contributed by atoms with van der Waals surface area (Å²) in [6.45, 7) is -0.0169. The second kappa shape index (κ2) is 6.33. The number of nitro benzene ring substituents is 1. The van der Waals surface area contributed by atoms with Crippen LogP contribution in [-0.4, -0.2) is 4.92 Å². The molecule has 0 atom stereocenters. The summed E-state index contributed by atoms with van der Waals surface area (Å²) in [7, 11) is 0. The van der Waals surface area contributed by atoms with Crippen LogP contribution in [0.1, 0.15) is 11.1 Å². The van der Waals surface area contributed by atoms with Crippen LogP contribution in [0.3, 0.4) is 0 Å². The Morgan fingerprint density at radius 1 is 1.33 bits per heavy atom. The zero-order valence-corrected chi connectivity index (χ0v) is 12.1. The molecule has 0 aliphatic heterocycles. The number of rotatable bonds is 4. The first-order chi connectivity index (χ1) is 10.0. The van der Waals surface area contributed by atoms with Crippen molar-refractivity contribution >= 4 is 21.6 Å². The standard InChI is InChI=1S/C14H8BrFN2O3/c15-11-3-1-10(6-13(11)18(19)20)8-21-14-4-2-9(7-17)5-12(14)16/h1-6H,8H2. The van der Waals surface area contributed by atoms with Crippen LogP contribution < -0.4 is 4.74 Å². The van der Waals surface area contributed by atoms with Gasteiger partial charge in [-0.2, -0.15) is 5.26 Å². The van der Waals surface area contributed by atoms with Crippen molar-refractivity contribution < 1.29 is 14.1 Å². The van der Waals surface area contributed by atoms with Crippen molar-refractivity contribution in [1.82, 2.24) is 0 Å². The van der Waals surface area contributed by atoms with Crippen LogP contribution in [0.4, 0.5) is 10.1 Å². The Balaban J connectivity index is 2.15. The molecule has 0 amide bonds. The van der Waals surface area contributed by atoms with Gasteiger partial charge in [0.1, 0.15) is 6.61 Å². The molecule has 0 radical (unpaired) electrons. The van der Waals surface area contributed by atoms with Crippen LogP contribution in [0.2, 0.25) is 0 Å². The number of nitro groups is 1. The van der Waals surface area contributed by atoms with Gasteiger partial charge in [-0.3, -0.25) is 10.1 Å². The normalized spacial score (nSPS) is 9.95. The summed E-state index contributed by atoms with van der Waals surface area (Å²) in [5.41, 5.74) is 0.643. The average Bonchev–Trinajstić information content (AvgIpc) is 2.47. The van der Waals surface area contributed by atoms with Gasteiger partial charge in [0.25, 0.3) is 5.69 Å². The minimum atomic E-state index is -0.652. The molecule has 0 aliphatic rings. The van der Waals surface area contributed by atoms with E-state index in [0.717, 1.165) is 6.07 Å². The van der Waals surface area contributed by atoms with Crippen LogP contribution in [0.5, 0.6) is 5.75 Å². The number of hydrogen-bond acceptors (Lipinski definition) is 4. The predicted molar refractivity (Wildman–Crippen MR) is 76.2 cm³/mol. The lowest BCUT2D eigenvalue weighted by atomic mass is 10.2. The van der Waals surface area contributed by atoms with Gasteiger partial charge in [-0.25, -0.2) is 4.39 Å². The maximum Gasteiger partial charge on any atom is 0.283 e. The van der Waals surface area contributed by atoms with Crippen LogP contribution in [0, 0.1) is 27.3 Å². The Hall–Kier alpha value is -2.46. The van der Waals surface area contributed by atoms with Crippen molar-refractivity contribution in [3.05, 3.63) is 67.9 Å². The van der Waals surface area contributed by atoms with Crippen molar-refractivity contribution in [2.24, 2.45) is 0 Å². The fourth-order valence-electron chi connectivity index (χ4n) is 1.64. The van der Waals surface area contributed by atoms with Crippen LogP contribution in [-0.2, 0) is 6.61 Å². The summed E-state index contributed by atoms with van der Waals surface area (Å²) >= 11 is 3.08. The maximum absolute atomic E-state index is 13.6. The van der Waals surface area contributed by atoms with Crippen molar-refractivity contribution in [3.8, 4) is 11.8 Å². The first kappa shape index (κ1) is 14.9. The Morgan fingerprint density at radius 3 is 2.71 bits per heavy atom. The summed E-state index contributed by atoms with van der Waals surface area (Å²) in [4.78, 5) is 10.3. The van der Waals surface area contributed by atoms with Crippen molar-refractivity contribution in [1.29, 1.82) is 5.26 Å². The minimum Gasteiger partial charge on any atom is -0.486 e. The highest BCUT2D eigenvalue weighted by molar-refractivity contribution is 9.10. The molecule has 0 saturated heterocycles. The third-order valence-electron chi connectivity index (χ3n) is 2.66. The first-order valence-electron chi connectivity index (χ1n) is 5.76. The Morgan fingerprint density at radius 2 is 2.10 bits per heavy atom. The largest absolute Gasteiger partial charge is 0.486 e. The summed E-state index contributed by atoms with van der Waals surface area (Å²) in [5, 5.41) is 19.5. The first-order valence-corrected chi connectivity index (χ1v) is 6.56. The third kappa shape index (κ3) is 3.55. The Labute approximate surface area is 127 Å². The molecular formula is C14H8BrFN2O3. The van der Waals surface area contributed by atoms with Gasteiger partial charge < -0.3 is 4.74 Å². The number of hydrogen-bond donors (Lipinski definition) is 0. The van der Waals surface area contributed by atoms with Gasteiger partial charge in [-0.1, -0.05) is 6.07 Å². The van der Waals surface area contributed by atoms with E-state index in [-0.39, 0.29) is 23.6 Å². The van der Waals surface area contributed by atoms with Gasteiger partial charge in [-0.05, 0) is 45.8 Å². The van der Waals surface area contributed by atoms with Gasteiger partial charge in [0.2, 0.25) is 0 Å². The van der Waals surface area contributed by atoms with E-state index in [9.17, 15) is 14.5 Å². The topological polar surface area (TPSA) is 76.2 Å². The smallest absolute Gasteiger partial charge is 0.283 e. The van der Waals surface area contributed by atoms with Crippen LogP contribution in [0.15, 0.2) is 40.9 Å². The lowest BCUT2D eigenvalue weighted by Gasteiger charge is -2.07. The van der Waals surface area contributed by atoms with Crippen molar-refractivity contribution in [2.45, 2.75) is 6.61 Å². The zero-order valence-electron chi connectivity index (χ0n) is 10.5. The molecule has 2 aromatic rings. The van der Waals surface area contributed by atoms with E-state index < -0.39 is 10.7 Å². The van der Waals surface area contributed by atoms with Crippen molar-refractivity contribution in [2.75, 3.05) is 0 Å². The lowest BCUT2D eigenvalue weighted by Crippen LogP contribution is -1.99. The summed E-state index contributed by atoms with van der Waals surface area (Å²) in [6.07, 6.45) is 0. The molecule has 21 heavy (non-hydrogen) atoms. The van der Waals surface area contributed by atoms with E-state index >= 15 is 0 Å². The fourth-order valence-corrected chi connectivity index (χ4v) is 2.03. The van der Waals surface area contributed by atoms with Gasteiger partial charge in [0.15, 0.2) is 11.6 Å². The zero-order chi connectivity index (χ0) is 15.4. The van der Waals surface area contributed by atoms with Gasteiger partial charge in [-0.15, -0.1) is 0 Å². The Bertz CT molecular complexity index is 743. The molecule has 0 aromatic heterocycles. The number of halogens is 2. The summed E-state index contributed by atoms with van der Waals surface area (Å²) in [5.74, 6) is -0.666. The van der Waals surface area contributed by atoms with Gasteiger partial charge in [0.05, 0.1) is 21.0 Å². The van der Waals surface area contributed by atoms with E-state index in [2.05, 4.69) is 15.9 Å². The molecule has 0 N–H and O–H groups in total. The van der Waals surface area contributed by atoms with Gasteiger partial charge >= 0.3 is 0 Å². The monoisotopic (exact) mass is 350 g/mol. The predicted octanol–water partition coefficient (Wildman–Crippen LogP) is 3.95. The van der Waals surface area contributed by atoms with Crippen LogP contribution in [0.25, 0.3) is 0 Å². The van der Waals surface area contributed by atoms with E-state index in [1.165, 1.54) is 24.3 Å². The van der Waals surface area contributed by atoms with E-state index in [0.29, 0.717) is 10.0 Å². The number of benzene rings is 2. The fraction of sp³-hybridized carbons (Fsp3) is 0.0714. The molecule has 0 spiro atoms. The van der Waals surface area contributed by atoms with Crippen molar-refractivity contribution in [3.63, 3.8) is 0 Å². The number of nitrogens with zero attached hydrogens (tertiary/aromatic N) is 2. The highest BCUT2D eigenvalue weighted by atomic mass is 79.9. The molecule has 0 saturated carbocycles. The summed E-state index contributed by atoms with van der Waals surface area (Å²) < 4.78 is 19.3. The minimum absolute atomic E-state index is 0.0143. The molecule has 0 unspecified atom stereocenters. The summed E-state index contributed by atoms with van der Waals surface area (Å²) in [6, 6.07) is 10.2. The molecule has 7 heteroatoms. The molecule has 106 valence electrons. The SMILES string of the molecule is N#Cc1ccc(OCc2ccc(Br)c([N+](=O)[O-])c2)c(F)c1. The lowest BCUT2D eigenvalue weighted by molar-refractivity contribution is -0.385.